The van der Waals surface area contributed by atoms with Gasteiger partial charge < -0.3 is 16.4 Å². The van der Waals surface area contributed by atoms with Crippen molar-refractivity contribution >= 4 is 21.9 Å². The molecule has 0 aromatic carbocycles. The molecule has 0 heterocycles. The zero-order valence-corrected chi connectivity index (χ0v) is 15.5. The third kappa shape index (κ3) is 92.9. The molecule has 0 unspecified atom stereocenters. The SMILES string of the molecule is [Ce].[Ce].[Fe+3].[Fe+3].[O-2].[O-2].[O-2].[SiH4].[SiH4].[Ti].[Ti]. The van der Waals surface area contributed by atoms with Crippen LogP contribution in [0.4, 0.5) is 0 Å². The van der Waals surface area contributed by atoms with Crippen LogP contribution < -0.4 is 0 Å². The van der Waals surface area contributed by atoms with Crippen LogP contribution in [-0.2, 0) is 94.0 Å². The Balaban J connectivity index is 0. The van der Waals surface area contributed by atoms with Crippen molar-refractivity contribution in [2.45, 2.75) is 0 Å². The van der Waals surface area contributed by atoms with Crippen LogP contribution >= 0.6 is 0 Å². The summed E-state index contributed by atoms with van der Waals surface area (Å²) in [7, 11) is 0. The third-order valence-corrected chi connectivity index (χ3v) is 0. The molecule has 11 heavy (non-hydrogen) atoms. The van der Waals surface area contributed by atoms with Crippen molar-refractivity contribution in [3.8, 4) is 0 Å². The first-order valence-corrected chi connectivity index (χ1v) is 0. The summed E-state index contributed by atoms with van der Waals surface area (Å²) in [4.78, 5) is 0. The van der Waals surface area contributed by atoms with Gasteiger partial charge in [-0.15, -0.1) is 0 Å². The molecule has 0 saturated heterocycles. The summed E-state index contributed by atoms with van der Waals surface area (Å²) in [5.41, 5.74) is 0. The molecule has 0 amide bonds. The summed E-state index contributed by atoms with van der Waals surface area (Å²) in [5.74, 6) is 0. The first kappa shape index (κ1) is 130. The predicted molar refractivity (Wildman–Crippen MR) is 24.7 cm³/mol. The number of hydrogen-bond donors (Lipinski definition) is 0. The molecular formula is H8Ce2Fe2O3Si2Ti2. The first-order valence-electron chi connectivity index (χ1n) is 0. The van der Waals surface area contributed by atoms with Gasteiger partial charge in [0.25, 0.3) is 0 Å². The van der Waals surface area contributed by atoms with Gasteiger partial charge in [0.2, 0.25) is 0 Å². The molecule has 0 aliphatic heterocycles. The van der Waals surface area contributed by atoms with Crippen LogP contribution in [0.3, 0.4) is 0 Å². The van der Waals surface area contributed by atoms with Gasteiger partial charge in [0.1, 0.15) is 0 Å². The smallest absolute Gasteiger partial charge is 2.00 e. The van der Waals surface area contributed by atoms with Crippen molar-refractivity contribution in [2.75, 3.05) is 0 Å². The van der Waals surface area contributed by atoms with E-state index in [9.17, 15) is 0 Å². The van der Waals surface area contributed by atoms with Crippen LogP contribution in [0.5, 0.6) is 0 Å². The Labute approximate surface area is 194 Å². The molecule has 0 N–H and O–H groups in total. The molecule has 0 fully saturated rings. The Hall–Kier alpha value is 5.53. The Bertz CT molecular complexity index is 25.3. The largest absolute Gasteiger partial charge is 3.00 e. The van der Waals surface area contributed by atoms with Crippen LogP contribution in [-0.4, -0.2) is 21.9 Å². The van der Waals surface area contributed by atoms with Crippen LogP contribution in [0.25, 0.3) is 0 Å². The zero-order chi connectivity index (χ0) is 0. The fraction of sp³-hybridized carbons (Fsp3) is 0. The molecule has 0 saturated carbocycles. The van der Waals surface area contributed by atoms with Crippen LogP contribution in [0.15, 0.2) is 0 Å². The summed E-state index contributed by atoms with van der Waals surface area (Å²) in [6.07, 6.45) is 0. The Morgan fingerprint density at radius 3 is 0.455 bits per heavy atom. The van der Waals surface area contributed by atoms with Gasteiger partial charge in [0.05, 0.1) is 0 Å². The summed E-state index contributed by atoms with van der Waals surface area (Å²) >= 11 is 0. The molecular weight excluding hydrogens is 592 g/mol. The van der Waals surface area contributed by atoms with Crippen LogP contribution in [0.2, 0.25) is 0 Å². The van der Waals surface area contributed by atoms with Crippen LogP contribution in [0, 0.1) is 83.5 Å². The Morgan fingerprint density at radius 1 is 0.455 bits per heavy atom. The van der Waals surface area contributed by atoms with Gasteiger partial charge >= 0.3 is 34.1 Å². The van der Waals surface area contributed by atoms with E-state index < -0.39 is 0 Å². The van der Waals surface area contributed by atoms with Gasteiger partial charge in [-0.1, -0.05) is 0 Å². The first-order chi connectivity index (χ1) is 0. The minimum absolute atomic E-state index is 0. The van der Waals surface area contributed by atoms with E-state index in [1.165, 1.54) is 0 Å². The fourth-order valence-corrected chi connectivity index (χ4v) is 0. The van der Waals surface area contributed by atoms with E-state index >= 15 is 0 Å². The van der Waals surface area contributed by atoms with Gasteiger partial charge in [0, 0.05) is 127 Å². The second kappa shape index (κ2) is 107. The van der Waals surface area contributed by atoms with Crippen molar-refractivity contribution in [3.63, 3.8) is 0 Å². The molecule has 0 atom stereocenters. The number of rotatable bonds is 0. The van der Waals surface area contributed by atoms with E-state index in [1.54, 1.807) is 0 Å². The molecule has 0 aliphatic rings. The van der Waals surface area contributed by atoms with Gasteiger partial charge in [-0.05, 0) is 21.9 Å². The van der Waals surface area contributed by atoms with E-state index in [1.807, 2.05) is 0 Å². The topological polar surface area (TPSA) is 85.5 Å². The molecule has 0 aromatic heterocycles. The Morgan fingerprint density at radius 2 is 0.455 bits per heavy atom. The molecule has 0 spiro atoms. The second-order valence-corrected chi connectivity index (χ2v) is 0. The van der Waals surface area contributed by atoms with Crippen molar-refractivity contribution < 1.29 is 177 Å². The fourth-order valence-electron chi connectivity index (χ4n) is 0. The maximum Gasteiger partial charge on any atom is 3.00 e. The molecule has 66 valence electrons. The normalized spacial score (nSPS) is 0. The van der Waals surface area contributed by atoms with Crippen molar-refractivity contribution in [2.24, 2.45) is 0 Å². The van der Waals surface area contributed by atoms with E-state index in [0.29, 0.717) is 0 Å². The minimum atomic E-state index is 0. The average Bonchev–Trinajstić information content (AvgIpc) is 0. The summed E-state index contributed by atoms with van der Waals surface area (Å²) in [6.45, 7) is 0. The minimum Gasteiger partial charge on any atom is -2.00 e. The van der Waals surface area contributed by atoms with E-state index in [-0.39, 0.29) is 199 Å². The summed E-state index contributed by atoms with van der Waals surface area (Å²) < 4.78 is 0. The maximum atomic E-state index is 0. The quantitative estimate of drug-likeness (QED) is 0.262. The zero-order valence-electron chi connectivity index (χ0n) is 3.93. The van der Waals surface area contributed by atoms with Gasteiger partial charge in [-0.2, -0.15) is 0 Å². The summed E-state index contributed by atoms with van der Waals surface area (Å²) in [5, 5.41) is 0. The van der Waals surface area contributed by atoms with Gasteiger partial charge in [0.15, 0.2) is 0 Å². The molecule has 0 rings (SSSR count). The monoisotopic (exact) mass is 600 g/mol. The molecule has 3 nitrogen and oxygen atoms in total. The number of hydrogen-bond acceptors (Lipinski definition) is 0. The van der Waals surface area contributed by atoms with Crippen LogP contribution in [0.1, 0.15) is 0 Å². The predicted octanol–water partition coefficient (Wildman–Crippen LogP) is -3.27. The molecule has 0 bridgehead atoms. The van der Waals surface area contributed by atoms with Crippen molar-refractivity contribution in [1.82, 2.24) is 0 Å². The average molecular weight is 600 g/mol. The third-order valence-electron chi connectivity index (χ3n) is 0. The Kier molecular flexibility index (Phi) is 1270. The molecule has 11 heteroatoms. The van der Waals surface area contributed by atoms with Gasteiger partial charge in [-0.3, -0.25) is 0 Å². The van der Waals surface area contributed by atoms with E-state index in [2.05, 4.69) is 0 Å². The van der Waals surface area contributed by atoms with E-state index in [0.717, 1.165) is 0 Å². The van der Waals surface area contributed by atoms with Crippen molar-refractivity contribution in [3.05, 3.63) is 0 Å². The summed E-state index contributed by atoms with van der Waals surface area (Å²) in [6, 6.07) is 0. The van der Waals surface area contributed by atoms with Gasteiger partial charge in [-0.25, -0.2) is 0 Å². The standard InChI is InChI=1S/2Ce.2Fe.3O.2H4Si.2Ti/h;;;;;;;2*1H4;;/q;;2*+3;3*-2;;;;. The molecule has 2 radical (unpaired) electrons. The van der Waals surface area contributed by atoms with E-state index in [4.69, 9.17) is 0 Å². The molecule has 0 aliphatic carbocycles. The maximum absolute atomic E-state index is 0. The molecule has 0 aromatic rings. The van der Waals surface area contributed by atoms with Crippen molar-refractivity contribution in [1.29, 1.82) is 0 Å². The second-order valence-electron chi connectivity index (χ2n) is 0.